The largest absolute Gasteiger partial charge is 0.387 e. The highest BCUT2D eigenvalue weighted by Crippen LogP contribution is 2.08. The van der Waals surface area contributed by atoms with Gasteiger partial charge in [0.1, 0.15) is 6.61 Å². The first-order chi connectivity index (χ1) is 5.24. The lowest BCUT2D eigenvalue weighted by atomic mass is 10.1. The minimum atomic E-state index is -0.368. The number of amides is 1. The van der Waals surface area contributed by atoms with Crippen molar-refractivity contribution >= 4 is 5.91 Å². The molecular formula is C8H13NO2. The molecule has 3 heteroatoms. The lowest BCUT2D eigenvalue weighted by molar-refractivity contribution is -0.133. The summed E-state index contributed by atoms with van der Waals surface area (Å²) in [5, 5.41) is 8.54. The number of rotatable bonds is 1. The highest BCUT2D eigenvalue weighted by Gasteiger charge is 2.13. The molecule has 1 rings (SSSR count). The monoisotopic (exact) mass is 155 g/mol. The van der Waals surface area contributed by atoms with Crippen molar-refractivity contribution in [3.05, 3.63) is 11.6 Å². The second kappa shape index (κ2) is 3.53. The van der Waals surface area contributed by atoms with Crippen molar-refractivity contribution in [1.82, 2.24) is 4.90 Å². The number of hydrogen-bond donors (Lipinski definition) is 1. The van der Waals surface area contributed by atoms with Crippen molar-refractivity contribution in [2.45, 2.75) is 13.3 Å². The van der Waals surface area contributed by atoms with Gasteiger partial charge in [0.05, 0.1) is 0 Å². The first kappa shape index (κ1) is 8.27. The third kappa shape index (κ3) is 2.05. The van der Waals surface area contributed by atoms with E-state index in [0.29, 0.717) is 6.54 Å². The van der Waals surface area contributed by atoms with Gasteiger partial charge in [0.15, 0.2) is 0 Å². The molecule has 0 aliphatic carbocycles. The average molecular weight is 155 g/mol. The zero-order valence-corrected chi connectivity index (χ0v) is 6.71. The molecule has 1 N–H and O–H groups in total. The molecule has 1 amide bonds. The van der Waals surface area contributed by atoms with E-state index in [9.17, 15) is 4.79 Å². The zero-order chi connectivity index (χ0) is 8.27. The summed E-state index contributed by atoms with van der Waals surface area (Å²) in [6.45, 7) is 3.10. The Morgan fingerprint density at radius 2 is 2.55 bits per heavy atom. The Kier molecular flexibility index (Phi) is 2.65. The van der Waals surface area contributed by atoms with Crippen LogP contribution in [0.2, 0.25) is 0 Å². The van der Waals surface area contributed by atoms with Crippen LogP contribution in [0.3, 0.4) is 0 Å². The maximum absolute atomic E-state index is 10.9. The number of carbonyl (C=O) groups excluding carboxylic acids is 1. The number of nitrogens with zero attached hydrogens (tertiary/aromatic N) is 1. The molecule has 0 aromatic rings. The van der Waals surface area contributed by atoms with Gasteiger partial charge in [0.25, 0.3) is 0 Å². The summed E-state index contributed by atoms with van der Waals surface area (Å²) >= 11 is 0. The van der Waals surface area contributed by atoms with Gasteiger partial charge in [-0.05, 0) is 13.3 Å². The summed E-state index contributed by atoms with van der Waals surface area (Å²) in [6, 6.07) is 0. The van der Waals surface area contributed by atoms with Gasteiger partial charge in [-0.2, -0.15) is 0 Å². The fourth-order valence-electron chi connectivity index (χ4n) is 1.10. The minimum Gasteiger partial charge on any atom is -0.387 e. The molecule has 0 fully saturated rings. The second-order valence-corrected chi connectivity index (χ2v) is 2.80. The minimum absolute atomic E-state index is 0.172. The fourth-order valence-corrected chi connectivity index (χ4v) is 1.10. The van der Waals surface area contributed by atoms with Gasteiger partial charge in [-0.15, -0.1) is 0 Å². The molecule has 1 aliphatic rings. The highest BCUT2D eigenvalue weighted by molar-refractivity contribution is 5.77. The lowest BCUT2D eigenvalue weighted by Gasteiger charge is -2.24. The van der Waals surface area contributed by atoms with Crippen LogP contribution in [0.15, 0.2) is 11.6 Å². The Hall–Kier alpha value is -0.830. The lowest BCUT2D eigenvalue weighted by Crippen LogP contribution is -2.36. The van der Waals surface area contributed by atoms with Crippen LogP contribution < -0.4 is 0 Å². The van der Waals surface area contributed by atoms with Crippen molar-refractivity contribution in [2.75, 3.05) is 19.7 Å². The summed E-state index contributed by atoms with van der Waals surface area (Å²) in [7, 11) is 0. The van der Waals surface area contributed by atoms with E-state index < -0.39 is 0 Å². The van der Waals surface area contributed by atoms with Crippen LogP contribution in [0.4, 0.5) is 0 Å². The molecule has 0 radical (unpaired) electrons. The van der Waals surface area contributed by atoms with E-state index in [-0.39, 0.29) is 12.5 Å². The normalized spacial score (nSPS) is 18.0. The number of hydrogen-bond acceptors (Lipinski definition) is 2. The van der Waals surface area contributed by atoms with Crippen molar-refractivity contribution < 1.29 is 9.90 Å². The molecule has 62 valence electrons. The Morgan fingerprint density at radius 3 is 3.00 bits per heavy atom. The van der Waals surface area contributed by atoms with E-state index >= 15 is 0 Å². The first-order valence-corrected chi connectivity index (χ1v) is 3.78. The van der Waals surface area contributed by atoms with Crippen LogP contribution in [-0.2, 0) is 4.79 Å². The molecule has 1 heterocycles. The van der Waals surface area contributed by atoms with Gasteiger partial charge < -0.3 is 10.0 Å². The molecule has 11 heavy (non-hydrogen) atoms. The Bertz CT molecular complexity index is 187. The third-order valence-corrected chi connectivity index (χ3v) is 1.92. The number of aliphatic hydroxyl groups is 1. The molecule has 0 saturated carbocycles. The van der Waals surface area contributed by atoms with Gasteiger partial charge in [-0.1, -0.05) is 11.6 Å². The quantitative estimate of drug-likeness (QED) is 0.548. The van der Waals surface area contributed by atoms with E-state index in [0.717, 1.165) is 13.0 Å². The van der Waals surface area contributed by atoms with Gasteiger partial charge in [0, 0.05) is 13.1 Å². The first-order valence-electron chi connectivity index (χ1n) is 3.78. The third-order valence-electron chi connectivity index (χ3n) is 1.92. The maximum Gasteiger partial charge on any atom is 0.248 e. The summed E-state index contributed by atoms with van der Waals surface area (Å²) in [6.07, 6.45) is 2.96. The molecule has 3 nitrogen and oxygen atoms in total. The van der Waals surface area contributed by atoms with E-state index in [1.807, 2.05) is 6.08 Å². The van der Waals surface area contributed by atoms with Gasteiger partial charge in [-0.3, -0.25) is 4.79 Å². The van der Waals surface area contributed by atoms with Crippen molar-refractivity contribution in [3.63, 3.8) is 0 Å². The Morgan fingerprint density at radius 1 is 1.82 bits per heavy atom. The average Bonchev–Trinajstić information content (AvgIpc) is 2.05. The molecule has 0 aromatic heterocycles. The molecule has 0 unspecified atom stereocenters. The zero-order valence-electron chi connectivity index (χ0n) is 6.71. The summed E-state index contributed by atoms with van der Waals surface area (Å²) in [5.41, 5.74) is 1.33. The smallest absolute Gasteiger partial charge is 0.248 e. The standard InChI is InChI=1S/C8H13NO2/c1-7-2-4-9(5-3-7)8(11)6-10/h2,10H,3-6H2,1H3. The summed E-state index contributed by atoms with van der Waals surface area (Å²) < 4.78 is 0. The van der Waals surface area contributed by atoms with Gasteiger partial charge >= 0.3 is 0 Å². The van der Waals surface area contributed by atoms with Crippen LogP contribution in [0.25, 0.3) is 0 Å². The molecule has 0 spiro atoms. The topological polar surface area (TPSA) is 40.5 Å². The molecular weight excluding hydrogens is 142 g/mol. The Labute approximate surface area is 66.3 Å². The number of aliphatic hydroxyl groups excluding tert-OH is 1. The van der Waals surface area contributed by atoms with Crippen molar-refractivity contribution in [1.29, 1.82) is 0 Å². The van der Waals surface area contributed by atoms with Gasteiger partial charge in [-0.25, -0.2) is 0 Å². The van der Waals surface area contributed by atoms with Crippen molar-refractivity contribution in [3.8, 4) is 0 Å². The predicted octanol–water partition coefficient (Wildman–Crippen LogP) is 0.157. The number of carbonyl (C=O) groups is 1. The molecule has 1 aliphatic heterocycles. The van der Waals surface area contributed by atoms with Crippen LogP contribution >= 0.6 is 0 Å². The molecule has 0 aromatic carbocycles. The Balaban J connectivity index is 2.47. The summed E-state index contributed by atoms with van der Waals surface area (Å²) in [5.74, 6) is -0.172. The predicted molar refractivity (Wildman–Crippen MR) is 42.0 cm³/mol. The van der Waals surface area contributed by atoms with E-state index in [2.05, 4.69) is 6.92 Å². The highest BCUT2D eigenvalue weighted by atomic mass is 16.3. The second-order valence-electron chi connectivity index (χ2n) is 2.80. The van der Waals surface area contributed by atoms with E-state index in [1.54, 1.807) is 4.90 Å². The SMILES string of the molecule is CC1=CCN(C(=O)CO)CC1. The van der Waals surface area contributed by atoms with Crippen LogP contribution in [-0.4, -0.2) is 35.6 Å². The van der Waals surface area contributed by atoms with Crippen molar-refractivity contribution in [2.24, 2.45) is 0 Å². The van der Waals surface area contributed by atoms with Crippen LogP contribution in [0.5, 0.6) is 0 Å². The van der Waals surface area contributed by atoms with Crippen LogP contribution in [0, 0.1) is 0 Å². The molecule has 0 saturated heterocycles. The molecule has 0 bridgehead atoms. The summed E-state index contributed by atoms with van der Waals surface area (Å²) in [4.78, 5) is 12.6. The van der Waals surface area contributed by atoms with Crippen LogP contribution in [0.1, 0.15) is 13.3 Å². The van der Waals surface area contributed by atoms with E-state index in [1.165, 1.54) is 5.57 Å². The van der Waals surface area contributed by atoms with Gasteiger partial charge in [0.2, 0.25) is 5.91 Å². The maximum atomic E-state index is 10.9. The van der Waals surface area contributed by atoms with E-state index in [4.69, 9.17) is 5.11 Å². The molecule has 0 atom stereocenters. The fraction of sp³-hybridized carbons (Fsp3) is 0.625.